The van der Waals surface area contributed by atoms with Crippen molar-refractivity contribution in [1.82, 2.24) is 9.97 Å². The smallest absolute Gasteiger partial charge is 0.332 e. The van der Waals surface area contributed by atoms with E-state index in [2.05, 4.69) is 9.97 Å². The number of benzene rings is 1. The Bertz CT molecular complexity index is 490. The normalized spacial score (nSPS) is 12.0. The highest BCUT2D eigenvalue weighted by Gasteiger charge is 2.31. The Morgan fingerprint density at radius 1 is 1.28 bits per heavy atom. The number of rotatable bonds is 4. The van der Waals surface area contributed by atoms with Crippen LogP contribution in [0.5, 0.6) is 0 Å². The number of nitrogens with zero attached hydrogens (tertiary/aromatic N) is 2. The van der Waals surface area contributed by atoms with Crippen LogP contribution in [0.4, 0.5) is 19.1 Å². The lowest BCUT2D eigenvalue weighted by atomic mass is 10.3. The lowest BCUT2D eigenvalue weighted by Gasteiger charge is -2.21. The van der Waals surface area contributed by atoms with Gasteiger partial charge in [-0.05, 0) is 12.1 Å². The van der Waals surface area contributed by atoms with Crippen molar-refractivity contribution in [2.24, 2.45) is 0 Å². The summed E-state index contributed by atoms with van der Waals surface area (Å²) < 4.78 is 37.3. The van der Waals surface area contributed by atoms with Crippen LogP contribution in [0, 0.1) is 0 Å². The number of fused-ring (bicyclic) bond motifs is 1. The van der Waals surface area contributed by atoms with Gasteiger partial charge in [-0.25, -0.2) is 4.98 Å². The summed E-state index contributed by atoms with van der Waals surface area (Å²) in [6, 6.07) is 7.07. The van der Waals surface area contributed by atoms with Gasteiger partial charge in [0.25, 0.3) is 0 Å². The van der Waals surface area contributed by atoms with Crippen LogP contribution < -0.4 is 4.90 Å². The van der Waals surface area contributed by atoms with Crippen molar-refractivity contribution in [2.45, 2.75) is 6.18 Å². The van der Waals surface area contributed by atoms with Crippen LogP contribution in [-0.2, 0) is 0 Å². The quantitative estimate of drug-likeness (QED) is 0.871. The van der Waals surface area contributed by atoms with E-state index in [1.165, 1.54) is 0 Å². The highest BCUT2D eigenvalue weighted by Crippen LogP contribution is 2.22. The molecule has 0 spiro atoms. The summed E-state index contributed by atoms with van der Waals surface area (Å²) in [5, 5.41) is 0. The molecule has 98 valence electrons. The van der Waals surface area contributed by atoms with Crippen LogP contribution >= 0.6 is 11.6 Å². The molecule has 18 heavy (non-hydrogen) atoms. The molecule has 0 atom stereocenters. The number of aromatic nitrogens is 2. The zero-order valence-corrected chi connectivity index (χ0v) is 10.1. The molecule has 0 radical (unpaired) electrons. The molecule has 0 amide bonds. The van der Waals surface area contributed by atoms with Gasteiger partial charge in [0, 0.05) is 12.4 Å². The molecule has 0 bridgehead atoms. The predicted molar refractivity (Wildman–Crippen MR) is 65.1 cm³/mol. The van der Waals surface area contributed by atoms with Crippen LogP contribution in [0.2, 0.25) is 0 Å². The maximum atomic E-state index is 12.4. The maximum Gasteiger partial charge on any atom is 0.406 e. The third-order valence-corrected chi connectivity index (χ3v) is 2.57. The Hall–Kier alpha value is -1.43. The van der Waals surface area contributed by atoms with Crippen molar-refractivity contribution in [3.63, 3.8) is 0 Å². The average Bonchev–Trinajstić information content (AvgIpc) is 2.70. The van der Waals surface area contributed by atoms with Crippen LogP contribution in [-0.4, -0.2) is 35.1 Å². The molecule has 0 aliphatic rings. The van der Waals surface area contributed by atoms with Crippen molar-refractivity contribution in [3.8, 4) is 0 Å². The standard InChI is InChI=1S/C11H11ClF3N3/c12-5-6-18(7-11(13,14)15)10-16-8-3-1-2-4-9(8)17-10/h1-4H,5-7H2,(H,16,17). The Labute approximate surface area is 107 Å². The molecule has 1 aromatic heterocycles. The number of para-hydroxylation sites is 2. The number of alkyl halides is 4. The van der Waals surface area contributed by atoms with E-state index in [0.29, 0.717) is 11.0 Å². The van der Waals surface area contributed by atoms with E-state index in [0.717, 1.165) is 4.90 Å². The largest absolute Gasteiger partial charge is 0.406 e. The molecule has 0 unspecified atom stereocenters. The molecule has 1 N–H and O–H groups in total. The summed E-state index contributed by atoms with van der Waals surface area (Å²) in [6.45, 7) is -0.986. The molecule has 0 aliphatic carbocycles. The van der Waals surface area contributed by atoms with Gasteiger partial charge < -0.3 is 9.88 Å². The number of nitrogens with one attached hydrogen (secondary N) is 1. The number of hydrogen-bond acceptors (Lipinski definition) is 2. The number of hydrogen-bond donors (Lipinski definition) is 1. The summed E-state index contributed by atoms with van der Waals surface area (Å²) in [4.78, 5) is 8.08. The summed E-state index contributed by atoms with van der Waals surface area (Å²) in [5.74, 6) is 0.293. The Balaban J connectivity index is 2.29. The minimum atomic E-state index is -4.29. The van der Waals surface area contributed by atoms with E-state index in [1.807, 2.05) is 0 Å². The molecule has 0 fully saturated rings. The number of aromatic amines is 1. The van der Waals surface area contributed by atoms with Gasteiger partial charge in [-0.2, -0.15) is 13.2 Å². The lowest BCUT2D eigenvalue weighted by molar-refractivity contribution is -0.119. The Kier molecular flexibility index (Phi) is 3.65. The minimum absolute atomic E-state index is 0.0842. The molecular formula is C11H11ClF3N3. The van der Waals surface area contributed by atoms with Crippen molar-refractivity contribution >= 4 is 28.6 Å². The molecule has 3 nitrogen and oxygen atoms in total. The highest BCUT2D eigenvalue weighted by molar-refractivity contribution is 6.18. The first-order chi connectivity index (χ1) is 8.49. The molecule has 0 saturated heterocycles. The molecule has 7 heteroatoms. The molecular weight excluding hydrogens is 267 g/mol. The fourth-order valence-electron chi connectivity index (χ4n) is 1.67. The molecule has 2 rings (SSSR count). The minimum Gasteiger partial charge on any atom is -0.332 e. The molecule has 0 saturated carbocycles. The van der Waals surface area contributed by atoms with E-state index >= 15 is 0 Å². The van der Waals surface area contributed by atoms with Crippen molar-refractivity contribution in [3.05, 3.63) is 24.3 Å². The van der Waals surface area contributed by atoms with Gasteiger partial charge in [0.2, 0.25) is 5.95 Å². The van der Waals surface area contributed by atoms with Crippen LogP contribution in [0.25, 0.3) is 11.0 Å². The summed E-state index contributed by atoms with van der Waals surface area (Å²) >= 11 is 5.52. The van der Waals surface area contributed by atoms with Gasteiger partial charge in [0.15, 0.2) is 0 Å². The van der Waals surface area contributed by atoms with Crippen molar-refractivity contribution in [1.29, 1.82) is 0 Å². The fourth-order valence-corrected chi connectivity index (χ4v) is 1.87. The van der Waals surface area contributed by atoms with E-state index < -0.39 is 12.7 Å². The van der Waals surface area contributed by atoms with E-state index in [1.54, 1.807) is 24.3 Å². The second-order valence-corrected chi connectivity index (χ2v) is 4.18. The Morgan fingerprint density at radius 2 is 2.00 bits per heavy atom. The van der Waals surface area contributed by atoms with E-state index in [-0.39, 0.29) is 18.4 Å². The third kappa shape index (κ3) is 3.07. The van der Waals surface area contributed by atoms with Gasteiger partial charge in [-0.3, -0.25) is 0 Å². The molecule has 1 aromatic carbocycles. The summed E-state index contributed by atoms with van der Waals surface area (Å²) in [7, 11) is 0. The van der Waals surface area contributed by atoms with E-state index in [9.17, 15) is 13.2 Å². The Morgan fingerprint density at radius 3 is 2.61 bits per heavy atom. The SMILES string of the molecule is FC(F)(F)CN(CCCl)c1nc2ccccc2[nH]1. The second kappa shape index (κ2) is 5.06. The van der Waals surface area contributed by atoms with Crippen molar-refractivity contribution in [2.75, 3.05) is 23.9 Å². The van der Waals surface area contributed by atoms with Gasteiger partial charge in [0.1, 0.15) is 6.54 Å². The topological polar surface area (TPSA) is 31.9 Å². The predicted octanol–water partition coefficient (Wildman–Crippen LogP) is 3.17. The molecule has 2 aromatic rings. The zero-order chi connectivity index (χ0) is 13.2. The number of imidazole rings is 1. The van der Waals surface area contributed by atoms with Gasteiger partial charge in [0.05, 0.1) is 11.0 Å². The lowest BCUT2D eigenvalue weighted by Crippen LogP contribution is -2.36. The van der Waals surface area contributed by atoms with Gasteiger partial charge >= 0.3 is 6.18 Å². The summed E-state index contributed by atoms with van der Waals surface area (Å²) in [5.41, 5.74) is 1.34. The van der Waals surface area contributed by atoms with Gasteiger partial charge in [-0.15, -0.1) is 11.6 Å². The average molecular weight is 278 g/mol. The first-order valence-corrected chi connectivity index (χ1v) is 5.85. The van der Waals surface area contributed by atoms with Crippen LogP contribution in [0.15, 0.2) is 24.3 Å². The third-order valence-electron chi connectivity index (χ3n) is 2.40. The van der Waals surface area contributed by atoms with E-state index in [4.69, 9.17) is 11.6 Å². The monoisotopic (exact) mass is 277 g/mol. The molecule has 1 heterocycles. The van der Waals surface area contributed by atoms with Crippen LogP contribution in [0.1, 0.15) is 0 Å². The highest BCUT2D eigenvalue weighted by atomic mass is 35.5. The fraction of sp³-hybridized carbons (Fsp3) is 0.364. The second-order valence-electron chi connectivity index (χ2n) is 3.80. The number of anilines is 1. The van der Waals surface area contributed by atoms with Gasteiger partial charge in [-0.1, -0.05) is 12.1 Å². The van der Waals surface area contributed by atoms with Crippen molar-refractivity contribution < 1.29 is 13.2 Å². The number of H-pyrrole nitrogens is 1. The first kappa shape index (κ1) is 13.0. The maximum absolute atomic E-state index is 12.4. The van der Waals surface area contributed by atoms with Crippen LogP contribution in [0.3, 0.4) is 0 Å². The number of halogens is 4. The molecule has 0 aliphatic heterocycles. The summed E-state index contributed by atoms with van der Waals surface area (Å²) in [6.07, 6.45) is -4.29. The first-order valence-electron chi connectivity index (χ1n) is 5.32. The zero-order valence-electron chi connectivity index (χ0n) is 9.34.